The maximum Gasteiger partial charge on any atom is 0.217 e. The number of oxazole rings is 1. The molecule has 0 aliphatic carbocycles. The molecule has 0 spiro atoms. The summed E-state index contributed by atoms with van der Waals surface area (Å²) in [5, 5.41) is 4.19. The van der Waals surface area contributed by atoms with Crippen molar-refractivity contribution in [3.8, 4) is 0 Å². The molecular weight excluding hydrogens is 216 g/mol. The molecule has 2 heterocycles. The molecule has 2 aromatic heterocycles. The molecule has 0 atom stereocenters. The summed E-state index contributed by atoms with van der Waals surface area (Å²) in [6, 6.07) is 7.39. The van der Waals surface area contributed by atoms with Crippen LogP contribution in [0.15, 0.2) is 34.9 Å². The molecule has 5 heteroatoms. The number of fused-ring (bicyclic) bond motifs is 1. The number of nitrogens with two attached hydrogens (primary N) is 1. The van der Waals surface area contributed by atoms with Crippen LogP contribution in [0.5, 0.6) is 0 Å². The number of nitrogen functional groups attached to an aromatic ring is 1. The van der Waals surface area contributed by atoms with E-state index in [1.807, 2.05) is 29.8 Å². The van der Waals surface area contributed by atoms with Crippen molar-refractivity contribution in [2.75, 3.05) is 5.73 Å². The van der Waals surface area contributed by atoms with E-state index in [0.717, 1.165) is 11.2 Å². The number of hydrogen-bond acceptors (Lipinski definition) is 4. The first kappa shape index (κ1) is 9.89. The molecule has 0 radical (unpaired) electrons. The van der Waals surface area contributed by atoms with Crippen LogP contribution in [0, 0.1) is 6.92 Å². The van der Waals surface area contributed by atoms with E-state index in [0.29, 0.717) is 23.7 Å². The average molecular weight is 228 g/mol. The third kappa shape index (κ3) is 1.75. The van der Waals surface area contributed by atoms with Gasteiger partial charge >= 0.3 is 0 Å². The number of benzene rings is 1. The van der Waals surface area contributed by atoms with Gasteiger partial charge in [0.05, 0.1) is 0 Å². The first-order valence-electron chi connectivity index (χ1n) is 5.36. The Labute approximate surface area is 97.9 Å². The SMILES string of the molecule is Cc1ccnn1Cc1nc2ccc(N)cc2o1. The van der Waals surface area contributed by atoms with E-state index >= 15 is 0 Å². The van der Waals surface area contributed by atoms with Crippen LogP contribution in [0.3, 0.4) is 0 Å². The van der Waals surface area contributed by atoms with Gasteiger partial charge in [-0.15, -0.1) is 0 Å². The fourth-order valence-corrected chi connectivity index (χ4v) is 1.75. The Bertz CT molecular complexity index is 668. The van der Waals surface area contributed by atoms with Gasteiger partial charge in [-0.2, -0.15) is 5.10 Å². The molecule has 2 N–H and O–H groups in total. The second-order valence-electron chi connectivity index (χ2n) is 3.97. The molecule has 1 aromatic carbocycles. The van der Waals surface area contributed by atoms with Crippen molar-refractivity contribution >= 4 is 16.8 Å². The molecule has 0 fully saturated rings. The summed E-state index contributed by atoms with van der Waals surface area (Å²) >= 11 is 0. The highest BCUT2D eigenvalue weighted by Crippen LogP contribution is 2.19. The zero-order chi connectivity index (χ0) is 11.8. The average Bonchev–Trinajstić information content (AvgIpc) is 2.85. The van der Waals surface area contributed by atoms with Crippen molar-refractivity contribution < 1.29 is 4.42 Å². The molecule has 3 rings (SSSR count). The summed E-state index contributed by atoms with van der Waals surface area (Å²) in [6.07, 6.45) is 1.76. The third-order valence-electron chi connectivity index (χ3n) is 2.67. The van der Waals surface area contributed by atoms with Gasteiger partial charge < -0.3 is 10.2 Å². The first-order valence-corrected chi connectivity index (χ1v) is 5.36. The van der Waals surface area contributed by atoms with Crippen molar-refractivity contribution in [3.05, 3.63) is 42.0 Å². The molecule has 5 nitrogen and oxygen atoms in total. The van der Waals surface area contributed by atoms with Crippen LogP contribution in [0.4, 0.5) is 5.69 Å². The van der Waals surface area contributed by atoms with Crippen LogP contribution < -0.4 is 5.73 Å². The molecule has 0 saturated heterocycles. The van der Waals surface area contributed by atoms with Gasteiger partial charge in [-0.25, -0.2) is 4.98 Å². The van der Waals surface area contributed by atoms with Crippen LogP contribution in [0.2, 0.25) is 0 Å². The van der Waals surface area contributed by atoms with Gasteiger partial charge in [0.2, 0.25) is 5.89 Å². The van der Waals surface area contributed by atoms with Crippen LogP contribution >= 0.6 is 0 Å². The zero-order valence-corrected chi connectivity index (χ0v) is 9.42. The molecule has 17 heavy (non-hydrogen) atoms. The quantitative estimate of drug-likeness (QED) is 0.681. The Morgan fingerprint density at radius 1 is 1.35 bits per heavy atom. The van der Waals surface area contributed by atoms with Crippen LogP contribution in [0.1, 0.15) is 11.6 Å². The minimum Gasteiger partial charge on any atom is -0.439 e. The Morgan fingerprint density at radius 3 is 3.00 bits per heavy atom. The number of nitrogens with zero attached hydrogens (tertiary/aromatic N) is 3. The largest absolute Gasteiger partial charge is 0.439 e. The van der Waals surface area contributed by atoms with Crippen LogP contribution in [-0.2, 0) is 6.54 Å². The van der Waals surface area contributed by atoms with E-state index in [9.17, 15) is 0 Å². The first-order chi connectivity index (χ1) is 8.22. The summed E-state index contributed by atoms with van der Waals surface area (Å²) in [6.45, 7) is 2.53. The topological polar surface area (TPSA) is 69.9 Å². The molecule has 3 aromatic rings. The lowest BCUT2D eigenvalue weighted by atomic mass is 10.3. The third-order valence-corrected chi connectivity index (χ3v) is 2.67. The Balaban J connectivity index is 1.99. The predicted octanol–water partition coefficient (Wildman–Crippen LogP) is 1.96. The molecular formula is C12H12N4O. The van der Waals surface area contributed by atoms with E-state index in [1.165, 1.54) is 0 Å². The minimum absolute atomic E-state index is 0.535. The van der Waals surface area contributed by atoms with E-state index < -0.39 is 0 Å². The number of aryl methyl sites for hydroxylation is 1. The summed E-state index contributed by atoms with van der Waals surface area (Å²) in [5.41, 5.74) is 8.97. The lowest BCUT2D eigenvalue weighted by Crippen LogP contribution is -2.03. The molecule has 0 aliphatic rings. The van der Waals surface area contributed by atoms with E-state index in [-0.39, 0.29) is 0 Å². The van der Waals surface area contributed by atoms with E-state index in [2.05, 4.69) is 10.1 Å². The molecule has 0 unspecified atom stereocenters. The van der Waals surface area contributed by atoms with Gasteiger partial charge in [0.1, 0.15) is 12.1 Å². The normalized spacial score (nSPS) is 11.1. The number of hydrogen-bond donors (Lipinski definition) is 1. The Morgan fingerprint density at radius 2 is 2.24 bits per heavy atom. The summed E-state index contributed by atoms with van der Waals surface area (Å²) in [4.78, 5) is 4.39. The van der Waals surface area contributed by atoms with Gasteiger partial charge in [0.25, 0.3) is 0 Å². The Hall–Kier alpha value is -2.30. The number of anilines is 1. The lowest BCUT2D eigenvalue weighted by molar-refractivity contribution is 0.487. The van der Waals surface area contributed by atoms with E-state index in [1.54, 1.807) is 12.3 Å². The van der Waals surface area contributed by atoms with Gasteiger partial charge in [0.15, 0.2) is 5.58 Å². The molecule has 86 valence electrons. The highest BCUT2D eigenvalue weighted by Gasteiger charge is 2.07. The summed E-state index contributed by atoms with van der Waals surface area (Å²) < 4.78 is 7.47. The maximum absolute atomic E-state index is 5.69. The van der Waals surface area contributed by atoms with Gasteiger partial charge in [-0.3, -0.25) is 4.68 Å². The van der Waals surface area contributed by atoms with Gasteiger partial charge in [-0.05, 0) is 25.1 Å². The van der Waals surface area contributed by atoms with Crippen LogP contribution in [-0.4, -0.2) is 14.8 Å². The zero-order valence-electron chi connectivity index (χ0n) is 9.42. The lowest BCUT2D eigenvalue weighted by Gasteiger charge is -1.98. The van der Waals surface area contributed by atoms with Crippen molar-refractivity contribution in [3.63, 3.8) is 0 Å². The fraction of sp³-hybridized carbons (Fsp3) is 0.167. The highest BCUT2D eigenvalue weighted by atomic mass is 16.3. The maximum atomic E-state index is 5.69. The molecule has 0 bridgehead atoms. The second kappa shape index (κ2) is 3.62. The van der Waals surface area contributed by atoms with Crippen molar-refractivity contribution in [1.29, 1.82) is 0 Å². The molecule has 0 saturated carbocycles. The van der Waals surface area contributed by atoms with E-state index in [4.69, 9.17) is 10.2 Å². The van der Waals surface area contributed by atoms with Gasteiger partial charge in [-0.1, -0.05) is 0 Å². The minimum atomic E-state index is 0.535. The summed E-state index contributed by atoms with van der Waals surface area (Å²) in [5.74, 6) is 0.636. The molecule has 0 aliphatic heterocycles. The second-order valence-corrected chi connectivity index (χ2v) is 3.97. The monoisotopic (exact) mass is 228 g/mol. The number of rotatable bonds is 2. The number of aromatic nitrogens is 3. The van der Waals surface area contributed by atoms with Crippen LogP contribution in [0.25, 0.3) is 11.1 Å². The highest BCUT2D eigenvalue weighted by molar-refractivity contribution is 5.76. The molecule has 0 amide bonds. The Kier molecular flexibility index (Phi) is 2.11. The predicted molar refractivity (Wildman–Crippen MR) is 64.5 cm³/mol. The van der Waals surface area contributed by atoms with Crippen molar-refractivity contribution in [1.82, 2.24) is 14.8 Å². The smallest absolute Gasteiger partial charge is 0.217 e. The van der Waals surface area contributed by atoms with Crippen molar-refractivity contribution in [2.45, 2.75) is 13.5 Å². The standard InChI is InChI=1S/C12H12N4O/c1-8-4-5-14-16(8)7-12-15-10-3-2-9(13)6-11(10)17-12/h2-6H,7,13H2,1H3. The van der Waals surface area contributed by atoms with Gasteiger partial charge in [0, 0.05) is 23.6 Å². The summed E-state index contributed by atoms with van der Waals surface area (Å²) in [7, 11) is 0. The van der Waals surface area contributed by atoms with Crippen molar-refractivity contribution in [2.24, 2.45) is 0 Å². The fourth-order valence-electron chi connectivity index (χ4n) is 1.75.